The van der Waals surface area contributed by atoms with Gasteiger partial charge in [-0.15, -0.1) is 0 Å². The van der Waals surface area contributed by atoms with Crippen LogP contribution in [0.5, 0.6) is 5.75 Å². The lowest BCUT2D eigenvalue weighted by molar-refractivity contribution is 0.317. The molecule has 1 fully saturated rings. The molecule has 2 heteroatoms. The molecule has 0 spiro atoms. The summed E-state index contributed by atoms with van der Waals surface area (Å²) in [4.78, 5) is 3.55. The van der Waals surface area contributed by atoms with Crippen LogP contribution < -0.4 is 4.74 Å². The summed E-state index contributed by atoms with van der Waals surface area (Å²) in [6.07, 6.45) is 7.24. The van der Waals surface area contributed by atoms with E-state index >= 15 is 0 Å². The monoisotopic (exact) mass is 295 g/mol. The number of rotatable bonds is 5. The first-order valence-electron chi connectivity index (χ1n) is 8.31. The zero-order chi connectivity index (χ0) is 15.5. The van der Waals surface area contributed by atoms with Gasteiger partial charge in [-0.2, -0.15) is 0 Å². The van der Waals surface area contributed by atoms with Crippen molar-refractivity contribution in [1.29, 1.82) is 0 Å². The van der Waals surface area contributed by atoms with Gasteiger partial charge in [-0.25, -0.2) is 0 Å². The van der Waals surface area contributed by atoms with Gasteiger partial charge in [0.2, 0.25) is 0 Å². The number of nitrogens with one attached hydrogen (secondary N) is 1. The van der Waals surface area contributed by atoms with Crippen molar-refractivity contribution in [3.63, 3.8) is 0 Å². The molecule has 0 amide bonds. The van der Waals surface area contributed by atoms with Crippen molar-refractivity contribution in [3.05, 3.63) is 46.8 Å². The van der Waals surface area contributed by atoms with Crippen LogP contribution in [0, 0.1) is 13.8 Å². The molecule has 2 nitrogen and oxygen atoms in total. The van der Waals surface area contributed by atoms with Gasteiger partial charge in [0, 0.05) is 17.0 Å². The van der Waals surface area contributed by atoms with Crippen LogP contribution >= 0.6 is 0 Å². The Morgan fingerprint density at radius 1 is 1.14 bits per heavy atom. The second-order valence-corrected chi connectivity index (χ2v) is 6.19. The molecule has 0 unspecified atom stereocenters. The van der Waals surface area contributed by atoms with Crippen LogP contribution in [0.4, 0.5) is 0 Å². The van der Waals surface area contributed by atoms with Crippen molar-refractivity contribution < 1.29 is 4.74 Å². The lowest BCUT2D eigenvalue weighted by atomic mass is 9.91. The quantitative estimate of drug-likeness (QED) is 0.757. The molecule has 22 heavy (non-hydrogen) atoms. The summed E-state index contributed by atoms with van der Waals surface area (Å²) >= 11 is 0. The second kappa shape index (κ2) is 6.43. The Morgan fingerprint density at radius 3 is 2.45 bits per heavy atom. The van der Waals surface area contributed by atoms with E-state index in [1.54, 1.807) is 5.57 Å². The minimum Gasteiger partial charge on any atom is -0.494 e. The van der Waals surface area contributed by atoms with Crippen LogP contribution in [-0.4, -0.2) is 11.6 Å². The Morgan fingerprint density at radius 2 is 1.86 bits per heavy atom. The number of aromatic amines is 1. The van der Waals surface area contributed by atoms with Crippen LogP contribution in [0.1, 0.15) is 49.6 Å². The van der Waals surface area contributed by atoms with Crippen molar-refractivity contribution in [2.24, 2.45) is 0 Å². The fourth-order valence-corrected chi connectivity index (χ4v) is 3.02. The first-order chi connectivity index (χ1) is 10.7. The Kier molecular flexibility index (Phi) is 4.37. The molecular formula is C20H25NO. The van der Waals surface area contributed by atoms with Crippen LogP contribution in [0.2, 0.25) is 0 Å². The maximum absolute atomic E-state index is 5.67. The highest BCUT2D eigenvalue weighted by Crippen LogP contribution is 2.34. The summed E-state index contributed by atoms with van der Waals surface area (Å²) in [5.41, 5.74) is 8.01. The van der Waals surface area contributed by atoms with Gasteiger partial charge in [-0.05, 0) is 68.9 Å². The number of H-pyrrole nitrogens is 1. The summed E-state index contributed by atoms with van der Waals surface area (Å²) < 4.78 is 5.67. The molecule has 0 saturated heterocycles. The third-order valence-corrected chi connectivity index (χ3v) is 4.44. The molecular weight excluding hydrogens is 270 g/mol. The summed E-state index contributed by atoms with van der Waals surface area (Å²) in [5, 5.41) is 0. The van der Waals surface area contributed by atoms with Gasteiger partial charge in [0.05, 0.1) is 6.61 Å². The number of hydrogen-bond acceptors (Lipinski definition) is 1. The highest BCUT2D eigenvalue weighted by Gasteiger charge is 2.14. The zero-order valence-electron chi connectivity index (χ0n) is 13.8. The number of aromatic nitrogens is 1. The normalized spacial score (nSPS) is 13.9. The number of ether oxygens (including phenoxy) is 1. The Bertz CT molecular complexity index is 670. The van der Waals surface area contributed by atoms with E-state index in [9.17, 15) is 0 Å². The number of hydrogen-bond donors (Lipinski definition) is 1. The highest BCUT2D eigenvalue weighted by molar-refractivity contribution is 5.75. The molecule has 0 atom stereocenters. The van der Waals surface area contributed by atoms with Crippen molar-refractivity contribution in [2.45, 2.75) is 46.5 Å². The summed E-state index contributed by atoms with van der Waals surface area (Å²) in [5.74, 6) is 0.952. The van der Waals surface area contributed by atoms with Crippen LogP contribution in [-0.2, 0) is 0 Å². The van der Waals surface area contributed by atoms with E-state index in [0.717, 1.165) is 18.8 Å². The van der Waals surface area contributed by atoms with E-state index in [0.29, 0.717) is 0 Å². The number of aryl methyl sites for hydroxylation is 1. The van der Waals surface area contributed by atoms with E-state index in [-0.39, 0.29) is 0 Å². The molecule has 1 aromatic heterocycles. The van der Waals surface area contributed by atoms with Crippen molar-refractivity contribution in [2.75, 3.05) is 6.61 Å². The molecule has 2 aromatic rings. The summed E-state index contributed by atoms with van der Waals surface area (Å²) in [6.45, 7) is 7.27. The van der Waals surface area contributed by atoms with E-state index in [4.69, 9.17) is 4.74 Å². The molecule has 1 aromatic carbocycles. The van der Waals surface area contributed by atoms with Gasteiger partial charge >= 0.3 is 0 Å². The highest BCUT2D eigenvalue weighted by atomic mass is 16.5. The van der Waals surface area contributed by atoms with E-state index in [1.807, 2.05) is 0 Å². The van der Waals surface area contributed by atoms with Gasteiger partial charge in [-0.1, -0.05) is 24.6 Å². The molecule has 0 bridgehead atoms. The van der Waals surface area contributed by atoms with Gasteiger partial charge in [0.25, 0.3) is 0 Å². The van der Waals surface area contributed by atoms with E-state index in [2.05, 4.69) is 56.1 Å². The minimum atomic E-state index is 0.777. The maximum Gasteiger partial charge on any atom is 0.119 e. The molecule has 1 aliphatic rings. The largest absolute Gasteiger partial charge is 0.494 e. The smallest absolute Gasteiger partial charge is 0.119 e. The number of benzene rings is 1. The average molecular weight is 295 g/mol. The SMILES string of the molecule is CCCOc1ccc(-c2c(C)[nH]c(C=C3CCC3)c2C)cc1. The first-order valence-corrected chi connectivity index (χ1v) is 8.31. The lowest BCUT2D eigenvalue weighted by Gasteiger charge is -2.15. The van der Waals surface area contributed by atoms with Gasteiger partial charge in [0.15, 0.2) is 0 Å². The maximum atomic E-state index is 5.67. The van der Waals surface area contributed by atoms with Crippen LogP contribution in [0.15, 0.2) is 29.8 Å². The van der Waals surface area contributed by atoms with Crippen molar-refractivity contribution >= 4 is 6.08 Å². The van der Waals surface area contributed by atoms with Gasteiger partial charge < -0.3 is 9.72 Å². The molecule has 116 valence electrons. The Hall–Kier alpha value is -1.96. The van der Waals surface area contributed by atoms with Crippen molar-refractivity contribution in [3.8, 4) is 16.9 Å². The standard InChI is InChI=1S/C20H25NO/c1-4-12-22-18-10-8-17(9-11-18)20-14(2)19(21-15(20)3)13-16-6-5-7-16/h8-11,13,21H,4-7,12H2,1-3H3. The van der Waals surface area contributed by atoms with E-state index in [1.165, 1.54) is 47.3 Å². The predicted molar refractivity (Wildman–Crippen MR) is 93.3 cm³/mol. The molecule has 1 heterocycles. The fourth-order valence-electron chi connectivity index (χ4n) is 3.02. The average Bonchev–Trinajstić information content (AvgIpc) is 2.76. The molecule has 3 rings (SSSR count). The predicted octanol–water partition coefficient (Wildman–Crippen LogP) is 5.65. The molecule has 1 saturated carbocycles. The molecule has 0 radical (unpaired) electrons. The second-order valence-electron chi connectivity index (χ2n) is 6.19. The Balaban J connectivity index is 1.87. The molecule has 0 aliphatic heterocycles. The zero-order valence-corrected chi connectivity index (χ0v) is 13.8. The van der Waals surface area contributed by atoms with Gasteiger partial charge in [-0.3, -0.25) is 0 Å². The molecule has 1 aliphatic carbocycles. The topological polar surface area (TPSA) is 25.0 Å². The van der Waals surface area contributed by atoms with Crippen molar-refractivity contribution in [1.82, 2.24) is 4.98 Å². The third-order valence-electron chi connectivity index (χ3n) is 4.44. The Labute approximate surface area is 133 Å². The third kappa shape index (κ3) is 2.96. The molecule has 1 N–H and O–H groups in total. The minimum absolute atomic E-state index is 0.777. The van der Waals surface area contributed by atoms with E-state index < -0.39 is 0 Å². The van der Waals surface area contributed by atoms with Gasteiger partial charge in [0.1, 0.15) is 5.75 Å². The summed E-state index contributed by atoms with van der Waals surface area (Å²) in [6, 6.07) is 8.46. The lowest BCUT2D eigenvalue weighted by Crippen LogP contribution is -1.96. The van der Waals surface area contributed by atoms with Crippen LogP contribution in [0.25, 0.3) is 17.2 Å². The summed E-state index contributed by atoms with van der Waals surface area (Å²) in [7, 11) is 0. The number of allylic oxidation sites excluding steroid dienone is 1. The first kappa shape index (κ1) is 15.0. The fraction of sp³-hybridized carbons (Fsp3) is 0.400. The van der Waals surface area contributed by atoms with Crippen LogP contribution in [0.3, 0.4) is 0 Å².